The van der Waals surface area contributed by atoms with E-state index in [1.807, 2.05) is 0 Å². The molecule has 25 heavy (non-hydrogen) atoms. The van der Waals surface area contributed by atoms with Gasteiger partial charge in [-0.3, -0.25) is 14.9 Å². The summed E-state index contributed by atoms with van der Waals surface area (Å²) in [4.78, 5) is 34.6. The van der Waals surface area contributed by atoms with Crippen LogP contribution in [0.2, 0.25) is 5.02 Å². The first-order valence-corrected chi connectivity index (χ1v) is 7.74. The number of hydrogen-bond donors (Lipinski definition) is 1. The molecule has 2 aromatic carbocycles. The average Bonchev–Trinajstić information content (AvgIpc) is 2.56. The summed E-state index contributed by atoms with van der Waals surface area (Å²) in [5.41, 5.74) is 0.885. The van der Waals surface area contributed by atoms with Crippen LogP contribution in [0.5, 0.6) is 0 Å². The molecule has 0 aliphatic carbocycles. The van der Waals surface area contributed by atoms with Crippen molar-refractivity contribution in [3.05, 3.63) is 68.2 Å². The Hall–Kier alpha value is -2.93. The Bertz CT molecular complexity index is 851. The molecule has 2 aromatic rings. The second-order valence-corrected chi connectivity index (χ2v) is 5.53. The van der Waals surface area contributed by atoms with E-state index < -0.39 is 16.8 Å². The number of esters is 1. The van der Waals surface area contributed by atoms with Crippen LogP contribution in [-0.4, -0.2) is 23.4 Å². The van der Waals surface area contributed by atoms with E-state index in [1.165, 1.54) is 36.4 Å². The highest BCUT2D eigenvalue weighted by atomic mass is 35.5. The summed E-state index contributed by atoms with van der Waals surface area (Å²) < 4.78 is 4.90. The van der Waals surface area contributed by atoms with Gasteiger partial charge in [-0.2, -0.15) is 0 Å². The molecule has 8 heteroatoms. The maximum Gasteiger partial charge on any atom is 0.339 e. The second-order valence-electron chi connectivity index (χ2n) is 5.13. The molecule has 0 bridgehead atoms. The van der Waals surface area contributed by atoms with Crippen molar-refractivity contribution in [1.82, 2.24) is 0 Å². The molecule has 0 heterocycles. The Morgan fingerprint density at radius 3 is 2.60 bits per heavy atom. The number of benzene rings is 2. The molecule has 0 atom stereocenters. The van der Waals surface area contributed by atoms with Crippen LogP contribution in [0.1, 0.15) is 33.2 Å². The van der Waals surface area contributed by atoms with E-state index in [0.29, 0.717) is 11.3 Å². The van der Waals surface area contributed by atoms with Crippen LogP contribution >= 0.6 is 11.6 Å². The van der Waals surface area contributed by atoms with Gasteiger partial charge in [-0.15, -0.1) is 0 Å². The third-order valence-corrected chi connectivity index (χ3v) is 3.72. The van der Waals surface area contributed by atoms with Crippen molar-refractivity contribution in [3.63, 3.8) is 0 Å². The number of nitro benzene ring substituents is 1. The van der Waals surface area contributed by atoms with E-state index in [9.17, 15) is 19.7 Å². The smallest absolute Gasteiger partial charge is 0.339 e. The number of halogens is 1. The molecule has 2 rings (SSSR count). The fourth-order valence-corrected chi connectivity index (χ4v) is 2.31. The fourth-order valence-electron chi connectivity index (χ4n) is 2.12. The lowest BCUT2D eigenvalue weighted by Crippen LogP contribution is -2.13. The van der Waals surface area contributed by atoms with Gasteiger partial charge >= 0.3 is 5.97 Å². The van der Waals surface area contributed by atoms with Crippen LogP contribution in [0.4, 0.5) is 11.4 Å². The minimum absolute atomic E-state index is 0.121. The molecule has 0 aromatic heterocycles. The molecular formula is C17H15ClN2O5. The Balaban J connectivity index is 2.26. The van der Waals surface area contributed by atoms with Gasteiger partial charge in [0.15, 0.2) is 0 Å². The third-order valence-electron chi connectivity index (χ3n) is 3.39. The van der Waals surface area contributed by atoms with Crippen LogP contribution in [0.3, 0.4) is 0 Å². The SMILES string of the molecule is CCOC(=O)c1cc(NC(=O)c2ccc(C)c([N+](=O)[O-])c2)ccc1Cl. The summed E-state index contributed by atoms with van der Waals surface area (Å²) >= 11 is 5.96. The first-order valence-electron chi connectivity index (χ1n) is 7.36. The van der Waals surface area contributed by atoms with Gasteiger partial charge in [0, 0.05) is 22.9 Å². The monoisotopic (exact) mass is 362 g/mol. The molecule has 0 aliphatic heterocycles. The number of carbonyl (C=O) groups excluding carboxylic acids is 2. The van der Waals surface area contributed by atoms with Crippen LogP contribution in [0, 0.1) is 17.0 Å². The zero-order valence-electron chi connectivity index (χ0n) is 13.5. The standard InChI is InChI=1S/C17H15ClN2O5/c1-3-25-17(22)13-9-12(6-7-14(13)18)19-16(21)11-5-4-10(2)15(8-11)20(23)24/h4-9H,3H2,1-2H3,(H,19,21). The Morgan fingerprint density at radius 2 is 1.96 bits per heavy atom. The predicted molar refractivity (Wildman–Crippen MR) is 93.2 cm³/mol. The van der Waals surface area contributed by atoms with E-state index in [4.69, 9.17) is 16.3 Å². The van der Waals surface area contributed by atoms with Gasteiger partial charge in [-0.25, -0.2) is 4.79 Å². The minimum Gasteiger partial charge on any atom is -0.462 e. The lowest BCUT2D eigenvalue weighted by Gasteiger charge is -2.09. The molecular weight excluding hydrogens is 348 g/mol. The number of nitrogens with zero attached hydrogens (tertiary/aromatic N) is 1. The molecule has 0 aliphatic rings. The third kappa shape index (κ3) is 4.33. The molecule has 0 radical (unpaired) electrons. The van der Waals surface area contributed by atoms with Gasteiger partial charge in [0.25, 0.3) is 11.6 Å². The van der Waals surface area contributed by atoms with Gasteiger partial charge in [0.2, 0.25) is 0 Å². The second kappa shape index (κ2) is 7.76. The predicted octanol–water partition coefficient (Wildman–Crippen LogP) is 3.99. The van der Waals surface area contributed by atoms with Crippen molar-refractivity contribution in [2.24, 2.45) is 0 Å². The molecule has 130 valence electrons. The van der Waals surface area contributed by atoms with Crippen molar-refractivity contribution < 1.29 is 19.2 Å². The largest absolute Gasteiger partial charge is 0.462 e. The number of aryl methyl sites for hydroxylation is 1. The number of carbonyl (C=O) groups is 2. The Labute approximate surface area is 148 Å². The maximum absolute atomic E-state index is 12.3. The van der Waals surface area contributed by atoms with E-state index in [0.717, 1.165) is 0 Å². The van der Waals surface area contributed by atoms with Crippen molar-refractivity contribution in [2.75, 3.05) is 11.9 Å². The van der Waals surface area contributed by atoms with Crippen molar-refractivity contribution in [3.8, 4) is 0 Å². The maximum atomic E-state index is 12.3. The lowest BCUT2D eigenvalue weighted by atomic mass is 10.1. The zero-order valence-corrected chi connectivity index (χ0v) is 14.3. The van der Waals surface area contributed by atoms with Crippen LogP contribution in [0.25, 0.3) is 0 Å². The number of nitro groups is 1. The van der Waals surface area contributed by atoms with E-state index in [1.54, 1.807) is 13.8 Å². The quantitative estimate of drug-likeness (QED) is 0.492. The summed E-state index contributed by atoms with van der Waals surface area (Å²) in [6.45, 7) is 3.45. The van der Waals surface area contributed by atoms with Crippen molar-refractivity contribution in [2.45, 2.75) is 13.8 Å². The molecule has 0 saturated heterocycles. The average molecular weight is 363 g/mol. The first kappa shape index (κ1) is 18.4. The molecule has 0 spiro atoms. The Kier molecular flexibility index (Phi) is 5.71. The van der Waals surface area contributed by atoms with E-state index in [-0.39, 0.29) is 28.4 Å². The number of amides is 1. The summed E-state index contributed by atoms with van der Waals surface area (Å²) in [5, 5.41) is 13.8. The minimum atomic E-state index is -0.602. The summed E-state index contributed by atoms with van der Waals surface area (Å²) in [6, 6.07) is 8.55. The topological polar surface area (TPSA) is 98.5 Å². The molecule has 0 saturated carbocycles. The number of rotatable bonds is 5. The highest BCUT2D eigenvalue weighted by Crippen LogP contribution is 2.23. The molecule has 0 fully saturated rings. The van der Waals surface area contributed by atoms with Gasteiger partial charge < -0.3 is 10.1 Å². The Morgan fingerprint density at radius 1 is 1.24 bits per heavy atom. The van der Waals surface area contributed by atoms with Gasteiger partial charge in [-0.1, -0.05) is 17.7 Å². The number of nitrogens with one attached hydrogen (secondary N) is 1. The lowest BCUT2D eigenvalue weighted by molar-refractivity contribution is -0.385. The molecule has 1 amide bonds. The first-order chi connectivity index (χ1) is 11.8. The van der Waals surface area contributed by atoms with E-state index >= 15 is 0 Å². The van der Waals surface area contributed by atoms with E-state index in [2.05, 4.69) is 5.32 Å². The number of ether oxygens (including phenoxy) is 1. The van der Waals surface area contributed by atoms with Gasteiger partial charge in [-0.05, 0) is 38.1 Å². The van der Waals surface area contributed by atoms with Crippen LogP contribution in [-0.2, 0) is 4.74 Å². The molecule has 0 unspecified atom stereocenters. The van der Waals surface area contributed by atoms with Gasteiger partial charge in [0.1, 0.15) is 0 Å². The van der Waals surface area contributed by atoms with Crippen molar-refractivity contribution >= 4 is 34.9 Å². The zero-order chi connectivity index (χ0) is 18.6. The summed E-state index contributed by atoms with van der Waals surface area (Å²) in [7, 11) is 0. The highest BCUT2D eigenvalue weighted by Gasteiger charge is 2.17. The number of hydrogen-bond acceptors (Lipinski definition) is 5. The fraction of sp³-hybridized carbons (Fsp3) is 0.176. The molecule has 1 N–H and O–H groups in total. The van der Waals surface area contributed by atoms with Crippen LogP contribution < -0.4 is 5.32 Å². The summed E-state index contributed by atoms with van der Waals surface area (Å²) in [5.74, 6) is -1.14. The van der Waals surface area contributed by atoms with Crippen molar-refractivity contribution in [1.29, 1.82) is 0 Å². The van der Waals surface area contributed by atoms with Gasteiger partial charge in [0.05, 0.1) is 22.1 Å². The molecule has 7 nitrogen and oxygen atoms in total. The highest BCUT2D eigenvalue weighted by molar-refractivity contribution is 6.33. The van der Waals surface area contributed by atoms with Crippen LogP contribution in [0.15, 0.2) is 36.4 Å². The number of anilines is 1. The summed E-state index contributed by atoms with van der Waals surface area (Å²) in [6.07, 6.45) is 0. The normalized spacial score (nSPS) is 10.2.